The molecule has 1 amide bonds. The molecule has 1 atom stereocenters. The van der Waals surface area contributed by atoms with E-state index < -0.39 is 10.8 Å². The number of amides is 1. The Kier molecular flexibility index (Phi) is 7.24. The number of rotatable bonds is 7. The Labute approximate surface area is 207 Å². The minimum absolute atomic E-state index is 0.128. The summed E-state index contributed by atoms with van der Waals surface area (Å²) in [5.74, 6) is -0.208. The molecule has 0 aliphatic heterocycles. The van der Waals surface area contributed by atoms with Gasteiger partial charge in [-0.15, -0.1) is 17.9 Å². The molecule has 1 aromatic carbocycles. The van der Waals surface area contributed by atoms with Gasteiger partial charge in [-0.3, -0.25) is 14.2 Å². The van der Waals surface area contributed by atoms with Crippen LogP contribution in [0.2, 0.25) is 0 Å². The number of aryl methyl sites for hydroxylation is 1. The second-order valence-electron chi connectivity index (χ2n) is 8.71. The first-order chi connectivity index (χ1) is 16.4. The van der Waals surface area contributed by atoms with Crippen LogP contribution < -0.4 is 10.9 Å². The van der Waals surface area contributed by atoms with Gasteiger partial charge in [0.1, 0.15) is 10.4 Å². The molecule has 3 aromatic rings. The zero-order valence-electron chi connectivity index (χ0n) is 19.5. The third-order valence-electron chi connectivity index (χ3n) is 6.30. The molecule has 1 N–H and O–H groups in total. The molecule has 34 heavy (non-hydrogen) atoms. The van der Waals surface area contributed by atoms with Gasteiger partial charge in [-0.05, 0) is 37.8 Å². The lowest BCUT2D eigenvalue weighted by atomic mass is 9.83. The van der Waals surface area contributed by atoms with Crippen LogP contribution in [0.15, 0.2) is 52.9 Å². The van der Waals surface area contributed by atoms with E-state index in [1.807, 2.05) is 37.3 Å². The number of nitrogens with one attached hydrogen (secondary N) is 1. The Morgan fingerprint density at radius 1 is 1.35 bits per heavy atom. The Bertz CT molecular complexity index is 1310. The van der Waals surface area contributed by atoms with Crippen LogP contribution in [-0.4, -0.2) is 26.2 Å². The van der Waals surface area contributed by atoms with E-state index in [1.165, 1.54) is 23.1 Å². The standard InChI is InChI=1S/C26H28N4O2S2/c1-4-15-30-24(32)20-17(2)21(19-11-7-5-8-12-19)34-23(20)28-25(30)33-18(3)22(31)29-26(16-27)13-9-6-10-14-26/h4-5,7-8,11-12,18H,1,6,9-10,13-15H2,2-3H3,(H,29,31)/t18-/m1/s1. The Morgan fingerprint density at radius 2 is 2.06 bits per heavy atom. The highest BCUT2D eigenvalue weighted by Gasteiger charge is 2.35. The van der Waals surface area contributed by atoms with Gasteiger partial charge in [0.25, 0.3) is 5.56 Å². The molecule has 0 spiro atoms. The zero-order chi connectivity index (χ0) is 24.3. The van der Waals surface area contributed by atoms with Crippen LogP contribution in [0, 0.1) is 18.3 Å². The highest BCUT2D eigenvalue weighted by atomic mass is 32.2. The third kappa shape index (κ3) is 4.68. The lowest BCUT2D eigenvalue weighted by Crippen LogP contribution is -2.51. The second-order valence-corrected chi connectivity index (χ2v) is 11.0. The van der Waals surface area contributed by atoms with Crippen LogP contribution in [0.5, 0.6) is 0 Å². The summed E-state index contributed by atoms with van der Waals surface area (Å²) in [7, 11) is 0. The fraction of sp³-hybridized carbons (Fsp3) is 0.385. The molecule has 1 fully saturated rings. The number of carbonyl (C=O) groups is 1. The molecule has 6 nitrogen and oxygen atoms in total. The van der Waals surface area contributed by atoms with E-state index in [0.29, 0.717) is 34.8 Å². The van der Waals surface area contributed by atoms with Crippen LogP contribution >= 0.6 is 23.1 Å². The lowest BCUT2D eigenvalue weighted by Gasteiger charge is -2.32. The molecule has 1 aliphatic rings. The minimum atomic E-state index is -0.794. The Hall–Kier alpha value is -2.89. The minimum Gasteiger partial charge on any atom is -0.337 e. The predicted octanol–water partition coefficient (Wildman–Crippen LogP) is 5.44. The summed E-state index contributed by atoms with van der Waals surface area (Å²) in [6, 6.07) is 12.3. The summed E-state index contributed by atoms with van der Waals surface area (Å²) in [6.07, 6.45) is 5.98. The molecule has 0 unspecified atom stereocenters. The molecule has 0 radical (unpaired) electrons. The van der Waals surface area contributed by atoms with Gasteiger partial charge in [-0.2, -0.15) is 5.26 Å². The maximum absolute atomic E-state index is 13.5. The largest absolute Gasteiger partial charge is 0.337 e. The average Bonchev–Trinajstić information content (AvgIpc) is 3.18. The summed E-state index contributed by atoms with van der Waals surface area (Å²) in [4.78, 5) is 33.0. The first-order valence-corrected chi connectivity index (χ1v) is 13.2. The SMILES string of the molecule is C=CCn1c(S[C@H](C)C(=O)NC2(C#N)CCCCC2)nc2sc(-c3ccccc3)c(C)c2c1=O. The van der Waals surface area contributed by atoms with E-state index in [0.717, 1.165) is 35.3 Å². The number of allylic oxidation sites excluding steroid dienone is 1. The fourth-order valence-electron chi connectivity index (χ4n) is 4.41. The van der Waals surface area contributed by atoms with Crippen molar-refractivity contribution < 1.29 is 4.79 Å². The van der Waals surface area contributed by atoms with Crippen molar-refractivity contribution in [3.05, 3.63) is 58.9 Å². The van der Waals surface area contributed by atoms with Crippen molar-refractivity contribution in [1.29, 1.82) is 5.26 Å². The maximum atomic E-state index is 13.5. The van der Waals surface area contributed by atoms with Crippen molar-refractivity contribution in [2.45, 2.75) is 68.4 Å². The van der Waals surface area contributed by atoms with Gasteiger partial charge in [0.15, 0.2) is 5.16 Å². The molecule has 1 saturated carbocycles. The molecule has 2 aromatic heterocycles. The van der Waals surface area contributed by atoms with E-state index in [-0.39, 0.29) is 11.5 Å². The third-order valence-corrected chi connectivity index (χ3v) is 8.62. The molecule has 176 valence electrons. The summed E-state index contributed by atoms with van der Waals surface area (Å²) in [6.45, 7) is 7.84. The molecular formula is C26H28N4O2S2. The van der Waals surface area contributed by atoms with Crippen LogP contribution in [0.25, 0.3) is 20.7 Å². The number of hydrogen-bond acceptors (Lipinski definition) is 6. The first kappa shape index (κ1) is 24.2. The number of nitrogens with zero attached hydrogens (tertiary/aromatic N) is 3. The number of nitriles is 1. The van der Waals surface area contributed by atoms with Gasteiger partial charge in [0, 0.05) is 11.4 Å². The summed E-state index contributed by atoms with van der Waals surface area (Å²) in [5, 5.41) is 13.3. The predicted molar refractivity (Wildman–Crippen MR) is 139 cm³/mol. The topological polar surface area (TPSA) is 87.8 Å². The van der Waals surface area contributed by atoms with Gasteiger partial charge in [-0.1, -0.05) is 67.4 Å². The fourth-order valence-corrected chi connectivity index (χ4v) is 6.56. The van der Waals surface area contributed by atoms with Crippen molar-refractivity contribution in [2.75, 3.05) is 0 Å². The number of carbonyl (C=O) groups excluding carboxylic acids is 1. The van der Waals surface area contributed by atoms with Crippen LogP contribution in [-0.2, 0) is 11.3 Å². The van der Waals surface area contributed by atoms with Crippen molar-refractivity contribution in [3.8, 4) is 16.5 Å². The number of thiophene rings is 1. The van der Waals surface area contributed by atoms with Gasteiger partial charge in [-0.25, -0.2) is 4.98 Å². The van der Waals surface area contributed by atoms with Gasteiger partial charge in [0.2, 0.25) is 5.91 Å². The summed E-state index contributed by atoms with van der Waals surface area (Å²) >= 11 is 2.74. The smallest absolute Gasteiger partial charge is 0.263 e. The lowest BCUT2D eigenvalue weighted by molar-refractivity contribution is -0.121. The zero-order valence-corrected chi connectivity index (χ0v) is 21.1. The number of benzene rings is 1. The monoisotopic (exact) mass is 492 g/mol. The van der Waals surface area contributed by atoms with E-state index in [4.69, 9.17) is 4.98 Å². The number of aromatic nitrogens is 2. The van der Waals surface area contributed by atoms with Crippen molar-refractivity contribution >= 4 is 39.2 Å². The van der Waals surface area contributed by atoms with Gasteiger partial charge >= 0.3 is 0 Å². The highest BCUT2D eigenvalue weighted by molar-refractivity contribution is 8.00. The first-order valence-electron chi connectivity index (χ1n) is 11.5. The Balaban J connectivity index is 1.68. The number of fused-ring (bicyclic) bond motifs is 1. The molecule has 2 heterocycles. The molecule has 0 bridgehead atoms. The van der Waals surface area contributed by atoms with E-state index in [9.17, 15) is 14.9 Å². The van der Waals surface area contributed by atoms with E-state index in [1.54, 1.807) is 17.6 Å². The second kappa shape index (κ2) is 10.2. The van der Waals surface area contributed by atoms with Crippen LogP contribution in [0.4, 0.5) is 0 Å². The van der Waals surface area contributed by atoms with Gasteiger partial charge < -0.3 is 5.32 Å². The maximum Gasteiger partial charge on any atom is 0.263 e. The van der Waals surface area contributed by atoms with Crippen molar-refractivity contribution in [1.82, 2.24) is 14.9 Å². The quantitative estimate of drug-likeness (QED) is 0.269. The van der Waals surface area contributed by atoms with Crippen molar-refractivity contribution in [3.63, 3.8) is 0 Å². The average molecular weight is 493 g/mol. The van der Waals surface area contributed by atoms with Crippen LogP contribution in [0.3, 0.4) is 0 Å². The van der Waals surface area contributed by atoms with Gasteiger partial charge in [0.05, 0.1) is 16.7 Å². The molecular weight excluding hydrogens is 464 g/mol. The normalized spacial score (nSPS) is 16.0. The summed E-state index contributed by atoms with van der Waals surface area (Å²) < 4.78 is 1.58. The highest BCUT2D eigenvalue weighted by Crippen LogP contribution is 2.37. The van der Waals surface area contributed by atoms with E-state index >= 15 is 0 Å². The van der Waals surface area contributed by atoms with Crippen molar-refractivity contribution in [2.24, 2.45) is 0 Å². The molecule has 4 rings (SSSR count). The number of thioether (sulfide) groups is 1. The van der Waals surface area contributed by atoms with E-state index in [2.05, 4.69) is 18.0 Å². The summed E-state index contributed by atoms with van der Waals surface area (Å²) in [5.41, 5.74) is 1.04. The Morgan fingerprint density at radius 3 is 2.71 bits per heavy atom. The molecule has 8 heteroatoms. The molecule has 1 aliphatic carbocycles. The van der Waals surface area contributed by atoms with Crippen LogP contribution in [0.1, 0.15) is 44.6 Å². The molecule has 0 saturated heterocycles. The number of hydrogen-bond donors (Lipinski definition) is 1.